The molecule has 1 rings (SSSR count). The van der Waals surface area contributed by atoms with E-state index in [1.807, 2.05) is 0 Å². The molecular formula is C7H8N2O3. The van der Waals surface area contributed by atoms with Gasteiger partial charge in [0.25, 0.3) is 0 Å². The number of rotatable bonds is 2. The maximum absolute atomic E-state index is 11.1. The van der Waals surface area contributed by atoms with E-state index in [0.717, 1.165) is 15.3 Å². The number of hydrogen-bond donors (Lipinski definition) is 2. The molecule has 0 fully saturated rings. The first-order valence-electron chi connectivity index (χ1n) is 3.24. The Balaban J connectivity index is 3.21. The fourth-order valence-corrected chi connectivity index (χ4v) is 0.859. The number of aliphatic hydroxyl groups is 1. The van der Waals surface area contributed by atoms with Crippen molar-refractivity contribution in [3.8, 4) is 18.2 Å². The van der Waals surface area contributed by atoms with Crippen LogP contribution in [0.25, 0.3) is 0 Å². The van der Waals surface area contributed by atoms with E-state index in [9.17, 15) is 4.79 Å². The van der Waals surface area contributed by atoms with Crippen molar-refractivity contribution in [1.82, 2.24) is 9.13 Å². The highest BCUT2D eigenvalue weighted by Gasteiger charge is 2.07. The number of aromatic hydroxyl groups is 1. The molecule has 0 saturated carbocycles. The van der Waals surface area contributed by atoms with Crippen molar-refractivity contribution in [2.45, 2.75) is 13.3 Å². The lowest BCUT2D eigenvalue weighted by atomic mass is 10.6. The van der Waals surface area contributed by atoms with Crippen LogP contribution in [0.5, 0.6) is 5.88 Å². The second-order valence-corrected chi connectivity index (χ2v) is 2.17. The number of hydrogen-bond acceptors (Lipinski definition) is 3. The quantitative estimate of drug-likeness (QED) is 0.553. The molecule has 0 aliphatic rings. The largest absolute Gasteiger partial charge is 0.493 e. The standard InChI is InChI=1S/C7H8N2O3/c1-2-3-9-6(11)4-8(5-10)7(9)12/h1,4,10-11H,3,5H2. The smallest absolute Gasteiger partial charge is 0.333 e. The molecule has 12 heavy (non-hydrogen) atoms. The number of aromatic nitrogens is 2. The van der Waals surface area contributed by atoms with Gasteiger partial charge < -0.3 is 10.2 Å². The summed E-state index contributed by atoms with van der Waals surface area (Å²) in [7, 11) is 0. The number of nitrogens with zero attached hydrogens (tertiary/aromatic N) is 2. The molecule has 0 aromatic carbocycles. The van der Waals surface area contributed by atoms with Gasteiger partial charge in [-0.2, -0.15) is 0 Å². The van der Waals surface area contributed by atoms with Crippen LogP contribution in [0.3, 0.4) is 0 Å². The highest BCUT2D eigenvalue weighted by Crippen LogP contribution is 2.03. The third-order valence-electron chi connectivity index (χ3n) is 1.43. The topological polar surface area (TPSA) is 67.4 Å². The van der Waals surface area contributed by atoms with E-state index in [2.05, 4.69) is 5.92 Å². The Morgan fingerprint density at radius 2 is 2.33 bits per heavy atom. The van der Waals surface area contributed by atoms with Gasteiger partial charge in [-0.1, -0.05) is 5.92 Å². The van der Waals surface area contributed by atoms with E-state index in [-0.39, 0.29) is 12.4 Å². The summed E-state index contributed by atoms with van der Waals surface area (Å²) in [4.78, 5) is 11.1. The van der Waals surface area contributed by atoms with E-state index in [4.69, 9.17) is 16.6 Å². The summed E-state index contributed by atoms with van der Waals surface area (Å²) in [6.45, 7) is -0.471. The van der Waals surface area contributed by atoms with Crippen LogP contribution in [0.4, 0.5) is 0 Å². The van der Waals surface area contributed by atoms with Crippen molar-refractivity contribution >= 4 is 0 Å². The van der Waals surface area contributed by atoms with Gasteiger partial charge in [-0.25, -0.2) is 4.79 Å². The van der Waals surface area contributed by atoms with Crippen LogP contribution in [-0.2, 0) is 13.3 Å². The normalized spacial score (nSPS) is 9.67. The molecule has 0 radical (unpaired) electrons. The zero-order valence-corrected chi connectivity index (χ0v) is 6.27. The number of aliphatic hydroxyl groups excluding tert-OH is 1. The first-order valence-corrected chi connectivity index (χ1v) is 3.24. The summed E-state index contributed by atoms with van der Waals surface area (Å²) >= 11 is 0. The minimum atomic E-state index is -0.520. The zero-order chi connectivity index (χ0) is 9.14. The first-order chi connectivity index (χ1) is 5.70. The molecule has 0 aliphatic carbocycles. The molecule has 64 valence electrons. The van der Waals surface area contributed by atoms with Gasteiger partial charge in [0.05, 0.1) is 12.7 Å². The van der Waals surface area contributed by atoms with Crippen molar-refractivity contribution in [1.29, 1.82) is 0 Å². The minimum Gasteiger partial charge on any atom is -0.493 e. The predicted molar refractivity (Wildman–Crippen MR) is 41.4 cm³/mol. The molecule has 0 amide bonds. The van der Waals surface area contributed by atoms with Crippen LogP contribution in [0.2, 0.25) is 0 Å². The maximum Gasteiger partial charge on any atom is 0.333 e. The molecule has 1 aromatic heterocycles. The number of imidazole rings is 1. The second kappa shape index (κ2) is 3.15. The summed E-state index contributed by atoms with van der Waals surface area (Å²) in [5.41, 5.74) is -0.520. The Kier molecular flexibility index (Phi) is 2.21. The van der Waals surface area contributed by atoms with Gasteiger partial charge in [-0.3, -0.25) is 9.13 Å². The molecule has 1 aromatic rings. The highest BCUT2D eigenvalue weighted by molar-refractivity contribution is 5.07. The summed E-state index contributed by atoms with van der Waals surface area (Å²) in [6, 6.07) is 0. The molecule has 5 heteroatoms. The van der Waals surface area contributed by atoms with Crippen molar-refractivity contribution in [3.63, 3.8) is 0 Å². The lowest BCUT2D eigenvalue weighted by molar-refractivity contribution is 0.205. The molecule has 2 N–H and O–H groups in total. The van der Waals surface area contributed by atoms with Crippen LogP contribution in [0.15, 0.2) is 11.0 Å². The summed E-state index contributed by atoms with van der Waals surface area (Å²) in [5, 5.41) is 17.7. The first kappa shape index (κ1) is 8.43. The Morgan fingerprint density at radius 3 is 2.75 bits per heavy atom. The average molecular weight is 168 g/mol. The Morgan fingerprint density at radius 1 is 1.67 bits per heavy atom. The highest BCUT2D eigenvalue weighted by atomic mass is 16.3. The van der Waals surface area contributed by atoms with Gasteiger partial charge >= 0.3 is 5.69 Å². The molecule has 0 aliphatic heterocycles. The van der Waals surface area contributed by atoms with E-state index < -0.39 is 12.4 Å². The van der Waals surface area contributed by atoms with Crippen LogP contribution < -0.4 is 5.69 Å². The SMILES string of the molecule is C#CCn1c(O)cn(CO)c1=O. The summed E-state index contributed by atoms with van der Waals surface area (Å²) < 4.78 is 1.93. The zero-order valence-electron chi connectivity index (χ0n) is 6.27. The van der Waals surface area contributed by atoms with Crippen molar-refractivity contribution < 1.29 is 10.2 Å². The van der Waals surface area contributed by atoms with Gasteiger partial charge in [-0.15, -0.1) is 6.42 Å². The van der Waals surface area contributed by atoms with E-state index in [0.29, 0.717) is 0 Å². The average Bonchev–Trinajstić information content (AvgIpc) is 2.32. The van der Waals surface area contributed by atoms with E-state index >= 15 is 0 Å². The molecule has 0 bridgehead atoms. The molecular weight excluding hydrogens is 160 g/mol. The molecule has 0 atom stereocenters. The van der Waals surface area contributed by atoms with Crippen LogP contribution in [0.1, 0.15) is 0 Å². The monoisotopic (exact) mass is 168 g/mol. The van der Waals surface area contributed by atoms with Crippen molar-refractivity contribution in [2.24, 2.45) is 0 Å². The molecule has 1 heterocycles. The Labute approximate surface area is 68.5 Å². The van der Waals surface area contributed by atoms with Crippen LogP contribution in [-0.4, -0.2) is 19.3 Å². The van der Waals surface area contributed by atoms with Crippen LogP contribution >= 0.6 is 0 Å². The molecule has 0 saturated heterocycles. The van der Waals surface area contributed by atoms with E-state index in [1.54, 1.807) is 0 Å². The molecule has 0 spiro atoms. The fraction of sp³-hybridized carbons (Fsp3) is 0.286. The molecule has 5 nitrogen and oxygen atoms in total. The minimum absolute atomic E-state index is 0.00231. The van der Waals surface area contributed by atoms with Gasteiger partial charge in [0, 0.05) is 0 Å². The third-order valence-corrected chi connectivity index (χ3v) is 1.43. The Bertz CT molecular complexity index is 369. The van der Waals surface area contributed by atoms with Gasteiger partial charge in [0.15, 0.2) is 0 Å². The summed E-state index contributed by atoms with van der Waals surface area (Å²) in [5.74, 6) is 1.97. The Hall–Kier alpha value is -1.67. The van der Waals surface area contributed by atoms with Crippen molar-refractivity contribution in [2.75, 3.05) is 0 Å². The third kappa shape index (κ3) is 1.20. The van der Waals surface area contributed by atoms with Gasteiger partial charge in [0.2, 0.25) is 5.88 Å². The van der Waals surface area contributed by atoms with E-state index in [1.165, 1.54) is 0 Å². The molecule has 0 unspecified atom stereocenters. The lowest BCUT2D eigenvalue weighted by Gasteiger charge is -1.93. The number of terminal acetylenes is 1. The van der Waals surface area contributed by atoms with Gasteiger partial charge in [0.1, 0.15) is 6.73 Å². The van der Waals surface area contributed by atoms with Gasteiger partial charge in [-0.05, 0) is 0 Å². The van der Waals surface area contributed by atoms with Crippen molar-refractivity contribution in [3.05, 3.63) is 16.7 Å². The fourth-order valence-electron chi connectivity index (χ4n) is 0.859. The summed E-state index contributed by atoms with van der Waals surface area (Å²) in [6.07, 6.45) is 6.08. The lowest BCUT2D eigenvalue weighted by Crippen LogP contribution is -2.23. The predicted octanol–water partition coefficient (Wildman–Crippen LogP) is -1.06. The maximum atomic E-state index is 11.1. The van der Waals surface area contributed by atoms with Crippen LogP contribution in [0, 0.1) is 12.3 Å². The second-order valence-electron chi connectivity index (χ2n) is 2.17.